The predicted octanol–water partition coefficient (Wildman–Crippen LogP) is 3.91. The first-order valence-electron chi connectivity index (χ1n) is 6.91. The summed E-state index contributed by atoms with van der Waals surface area (Å²) in [4.78, 5) is 16.4. The molecular formula is C15H22ClN3OS. The number of rotatable bonds is 5. The summed E-state index contributed by atoms with van der Waals surface area (Å²) >= 11 is 1.68. The van der Waals surface area contributed by atoms with E-state index in [1.54, 1.807) is 11.3 Å². The molecule has 0 aliphatic rings. The Morgan fingerprint density at radius 3 is 2.71 bits per heavy atom. The van der Waals surface area contributed by atoms with Crippen LogP contribution in [-0.2, 0) is 4.79 Å². The van der Waals surface area contributed by atoms with Crippen LogP contribution >= 0.6 is 23.7 Å². The number of aromatic nitrogens is 1. The first-order valence-corrected chi connectivity index (χ1v) is 7.73. The number of nitrogens with two attached hydrogens (primary N) is 1. The van der Waals surface area contributed by atoms with Crippen molar-refractivity contribution in [2.75, 3.05) is 5.32 Å². The van der Waals surface area contributed by atoms with Crippen molar-refractivity contribution in [3.05, 3.63) is 23.2 Å². The molecule has 0 aliphatic heterocycles. The van der Waals surface area contributed by atoms with Crippen LogP contribution in [0.3, 0.4) is 0 Å². The minimum Gasteiger partial charge on any atom is -0.328 e. The zero-order valence-electron chi connectivity index (χ0n) is 12.6. The zero-order valence-corrected chi connectivity index (χ0v) is 14.2. The summed E-state index contributed by atoms with van der Waals surface area (Å²) in [6.45, 7) is 6.17. The van der Waals surface area contributed by atoms with Gasteiger partial charge in [0.2, 0.25) is 5.91 Å². The fourth-order valence-electron chi connectivity index (χ4n) is 1.85. The number of halogens is 1. The van der Waals surface area contributed by atoms with E-state index in [1.807, 2.05) is 25.1 Å². The summed E-state index contributed by atoms with van der Waals surface area (Å²) in [7, 11) is 0. The van der Waals surface area contributed by atoms with E-state index in [-0.39, 0.29) is 24.4 Å². The lowest BCUT2D eigenvalue weighted by Gasteiger charge is -2.06. The monoisotopic (exact) mass is 327 g/mol. The smallest absolute Gasteiger partial charge is 0.224 e. The van der Waals surface area contributed by atoms with Gasteiger partial charge in [-0.2, -0.15) is 0 Å². The highest BCUT2D eigenvalue weighted by atomic mass is 35.5. The number of benzene rings is 1. The molecule has 1 aromatic heterocycles. The molecule has 116 valence electrons. The van der Waals surface area contributed by atoms with Gasteiger partial charge in [0.15, 0.2) is 0 Å². The number of hydrogen-bond donors (Lipinski definition) is 2. The van der Waals surface area contributed by atoms with Crippen molar-refractivity contribution in [2.45, 2.75) is 45.6 Å². The molecule has 1 amide bonds. The molecule has 6 heteroatoms. The maximum absolute atomic E-state index is 11.8. The highest BCUT2D eigenvalue weighted by Gasteiger charge is 2.09. The molecular weight excluding hydrogens is 306 g/mol. The second-order valence-electron chi connectivity index (χ2n) is 5.45. The van der Waals surface area contributed by atoms with Gasteiger partial charge in [-0.15, -0.1) is 23.7 Å². The molecule has 1 atom stereocenters. The maximum atomic E-state index is 11.8. The van der Waals surface area contributed by atoms with Gasteiger partial charge >= 0.3 is 0 Å². The lowest BCUT2D eigenvalue weighted by atomic mass is 10.2. The number of carbonyl (C=O) groups excluding carboxylic acids is 1. The molecule has 0 radical (unpaired) electrons. The third kappa shape index (κ3) is 4.95. The predicted molar refractivity (Wildman–Crippen MR) is 92.5 cm³/mol. The largest absolute Gasteiger partial charge is 0.328 e. The number of thiazole rings is 1. The van der Waals surface area contributed by atoms with Crippen molar-refractivity contribution in [1.29, 1.82) is 0 Å². The molecule has 2 aromatic rings. The van der Waals surface area contributed by atoms with Gasteiger partial charge < -0.3 is 11.1 Å². The van der Waals surface area contributed by atoms with Crippen molar-refractivity contribution in [1.82, 2.24) is 4.98 Å². The van der Waals surface area contributed by atoms with E-state index in [2.05, 4.69) is 24.1 Å². The quantitative estimate of drug-likeness (QED) is 0.874. The summed E-state index contributed by atoms with van der Waals surface area (Å²) in [6, 6.07) is 5.90. The Morgan fingerprint density at radius 1 is 1.38 bits per heavy atom. The fourth-order valence-corrected chi connectivity index (χ4v) is 2.86. The van der Waals surface area contributed by atoms with Crippen LogP contribution in [0.5, 0.6) is 0 Å². The van der Waals surface area contributed by atoms with E-state index >= 15 is 0 Å². The average molecular weight is 328 g/mol. The first-order chi connectivity index (χ1) is 9.45. The maximum Gasteiger partial charge on any atom is 0.224 e. The van der Waals surface area contributed by atoms with Gasteiger partial charge in [-0.3, -0.25) is 4.79 Å². The van der Waals surface area contributed by atoms with Crippen LogP contribution in [0.1, 0.15) is 44.5 Å². The van der Waals surface area contributed by atoms with Gasteiger partial charge in [0.25, 0.3) is 0 Å². The van der Waals surface area contributed by atoms with Crippen LogP contribution in [0, 0.1) is 0 Å². The third-order valence-electron chi connectivity index (χ3n) is 3.01. The summed E-state index contributed by atoms with van der Waals surface area (Å²) in [5.74, 6) is 0.437. The van der Waals surface area contributed by atoms with Crippen LogP contribution in [-0.4, -0.2) is 16.9 Å². The number of fused-ring (bicyclic) bond motifs is 1. The van der Waals surface area contributed by atoms with Gasteiger partial charge in [0.1, 0.15) is 0 Å². The Hall–Kier alpha value is -1.17. The van der Waals surface area contributed by atoms with Crippen LogP contribution in [0.25, 0.3) is 10.2 Å². The fraction of sp³-hybridized carbons (Fsp3) is 0.467. The molecule has 0 spiro atoms. The number of carbonyl (C=O) groups is 1. The van der Waals surface area contributed by atoms with Crippen molar-refractivity contribution in [2.24, 2.45) is 5.73 Å². The van der Waals surface area contributed by atoms with Crippen LogP contribution in [0.4, 0.5) is 5.69 Å². The SMILES string of the molecule is CC(N)CCC(=O)Nc1ccc2nc(C(C)C)sc2c1.Cl. The molecule has 0 bridgehead atoms. The van der Waals surface area contributed by atoms with Crippen LogP contribution < -0.4 is 11.1 Å². The minimum absolute atomic E-state index is 0. The Balaban J connectivity index is 0.00000220. The molecule has 3 N–H and O–H groups in total. The number of amides is 1. The van der Waals surface area contributed by atoms with Gasteiger partial charge in [0.05, 0.1) is 15.2 Å². The summed E-state index contributed by atoms with van der Waals surface area (Å²) < 4.78 is 1.11. The van der Waals surface area contributed by atoms with Gasteiger partial charge in [-0.1, -0.05) is 13.8 Å². The Morgan fingerprint density at radius 2 is 2.10 bits per heavy atom. The summed E-state index contributed by atoms with van der Waals surface area (Å²) in [6.07, 6.45) is 1.15. The molecule has 0 fully saturated rings. The second kappa shape index (κ2) is 7.73. The van der Waals surface area contributed by atoms with Gasteiger partial charge in [-0.25, -0.2) is 4.98 Å². The zero-order chi connectivity index (χ0) is 14.7. The second-order valence-corrected chi connectivity index (χ2v) is 6.52. The number of hydrogen-bond acceptors (Lipinski definition) is 4. The lowest BCUT2D eigenvalue weighted by Crippen LogP contribution is -2.19. The van der Waals surface area contributed by atoms with Crippen molar-refractivity contribution in [3.8, 4) is 0 Å². The van der Waals surface area contributed by atoms with E-state index in [0.717, 1.165) is 20.9 Å². The molecule has 1 unspecified atom stereocenters. The summed E-state index contributed by atoms with van der Waals surface area (Å²) in [5.41, 5.74) is 7.47. The number of nitrogens with one attached hydrogen (secondary N) is 1. The molecule has 21 heavy (non-hydrogen) atoms. The third-order valence-corrected chi connectivity index (χ3v) is 4.33. The van der Waals surface area contributed by atoms with Crippen LogP contribution in [0.2, 0.25) is 0 Å². The molecule has 4 nitrogen and oxygen atoms in total. The average Bonchev–Trinajstić information content (AvgIpc) is 2.79. The van der Waals surface area contributed by atoms with Gasteiger partial charge in [0, 0.05) is 24.1 Å². The molecule has 0 saturated carbocycles. The first kappa shape index (κ1) is 17.9. The Labute approximate surface area is 135 Å². The van der Waals surface area contributed by atoms with E-state index in [0.29, 0.717) is 18.8 Å². The van der Waals surface area contributed by atoms with E-state index in [4.69, 9.17) is 5.73 Å². The topological polar surface area (TPSA) is 68.0 Å². The van der Waals surface area contributed by atoms with Crippen molar-refractivity contribution >= 4 is 45.6 Å². The standard InChI is InChI=1S/C15H21N3OS.ClH/c1-9(2)15-18-12-6-5-11(8-13(12)20-15)17-14(19)7-4-10(3)16;/h5-6,8-10H,4,7,16H2,1-3H3,(H,17,19);1H. The van der Waals surface area contributed by atoms with Crippen molar-refractivity contribution < 1.29 is 4.79 Å². The minimum atomic E-state index is 0. The summed E-state index contributed by atoms with van der Waals surface area (Å²) in [5, 5.41) is 4.04. The van der Waals surface area contributed by atoms with Gasteiger partial charge in [-0.05, 0) is 31.5 Å². The van der Waals surface area contributed by atoms with E-state index in [9.17, 15) is 4.79 Å². The highest BCUT2D eigenvalue weighted by Crippen LogP contribution is 2.29. The van der Waals surface area contributed by atoms with E-state index in [1.165, 1.54) is 0 Å². The molecule has 0 aliphatic carbocycles. The number of anilines is 1. The highest BCUT2D eigenvalue weighted by molar-refractivity contribution is 7.18. The Bertz CT molecular complexity index is 610. The lowest BCUT2D eigenvalue weighted by molar-refractivity contribution is -0.116. The molecule has 1 aromatic carbocycles. The molecule has 0 saturated heterocycles. The van der Waals surface area contributed by atoms with E-state index < -0.39 is 0 Å². The Kier molecular flexibility index (Phi) is 6.58. The van der Waals surface area contributed by atoms with Crippen molar-refractivity contribution in [3.63, 3.8) is 0 Å². The molecule has 1 heterocycles. The van der Waals surface area contributed by atoms with Crippen LogP contribution in [0.15, 0.2) is 18.2 Å². The normalized spacial score (nSPS) is 12.2. The number of nitrogens with zero attached hydrogens (tertiary/aromatic N) is 1. The molecule has 2 rings (SSSR count).